The lowest BCUT2D eigenvalue weighted by molar-refractivity contribution is -0.133. The van der Waals surface area contributed by atoms with E-state index in [2.05, 4.69) is 72.4 Å². The van der Waals surface area contributed by atoms with Crippen LogP contribution in [0.2, 0.25) is 0 Å². The Kier molecular flexibility index (Phi) is 14.0. The number of nitrogens with one attached hydrogen (secondary N) is 3. The first kappa shape index (κ1) is 47.7. The molecule has 4 amide bonds. The average molecular weight is 941 g/mol. The Morgan fingerprint density at radius 1 is 0.884 bits per heavy atom. The van der Waals surface area contributed by atoms with Crippen molar-refractivity contribution in [3.05, 3.63) is 102 Å². The molecule has 16 heteroatoms. The average Bonchev–Trinajstić information content (AvgIpc) is 3.64. The van der Waals surface area contributed by atoms with E-state index in [1.54, 1.807) is 24.4 Å². The first-order valence-electron chi connectivity index (χ1n) is 24.5. The minimum atomic E-state index is -0.597. The highest BCUT2D eigenvalue weighted by Crippen LogP contribution is 2.34. The molecule has 3 N–H and O–H groups in total. The Bertz CT molecular complexity index is 2670. The summed E-state index contributed by atoms with van der Waals surface area (Å²) in [5.41, 5.74) is 6.60. The Labute approximate surface area is 403 Å². The molecular weight excluding hydrogens is 876 g/mol. The normalized spacial score (nSPS) is 20.3. The quantitative estimate of drug-likeness (QED) is 0.111. The number of halogens is 1. The van der Waals surface area contributed by atoms with E-state index < -0.39 is 17.7 Å². The van der Waals surface area contributed by atoms with Gasteiger partial charge in [0, 0.05) is 106 Å². The summed E-state index contributed by atoms with van der Waals surface area (Å²) in [7, 11) is 2.07. The minimum Gasteiger partial charge on any atom is -0.444 e. The van der Waals surface area contributed by atoms with Crippen LogP contribution in [0, 0.1) is 11.7 Å². The van der Waals surface area contributed by atoms with E-state index in [1.165, 1.54) is 17.3 Å². The topological polar surface area (TPSA) is 157 Å². The molecule has 4 aliphatic heterocycles. The number of piperidine rings is 3. The number of imide groups is 1. The number of likely N-dealkylation sites (tertiary alicyclic amines) is 2. The maximum absolute atomic E-state index is 15.4. The second-order valence-corrected chi connectivity index (χ2v) is 20.4. The van der Waals surface area contributed by atoms with E-state index in [0.717, 1.165) is 99.2 Å². The molecule has 5 aromatic rings. The number of aryl methyl sites for hydroxylation is 1. The van der Waals surface area contributed by atoms with E-state index in [1.807, 2.05) is 56.1 Å². The number of benzene rings is 2. The lowest BCUT2D eigenvalue weighted by Gasteiger charge is -2.43. The summed E-state index contributed by atoms with van der Waals surface area (Å²) in [5.74, 6) is 0.479. The molecule has 1 unspecified atom stereocenters. The lowest BCUT2D eigenvalue weighted by atomic mass is 9.88. The molecule has 4 saturated heterocycles. The van der Waals surface area contributed by atoms with E-state index in [-0.39, 0.29) is 36.0 Å². The number of carbonyl (C=O) groups is 4. The van der Waals surface area contributed by atoms with Gasteiger partial charge in [-0.25, -0.2) is 19.2 Å². The van der Waals surface area contributed by atoms with Crippen molar-refractivity contribution in [2.24, 2.45) is 13.0 Å². The number of anilines is 3. The number of carbonyl (C=O) groups excluding carboxylic acids is 4. The van der Waals surface area contributed by atoms with Crippen LogP contribution in [0.25, 0.3) is 22.2 Å². The fraction of sp³-hybridized carbons (Fsp3) is 0.472. The highest BCUT2D eigenvalue weighted by molar-refractivity contribution is 6.01. The maximum atomic E-state index is 15.4. The molecule has 7 heterocycles. The first-order valence-corrected chi connectivity index (χ1v) is 24.5. The van der Waals surface area contributed by atoms with Gasteiger partial charge in [-0.05, 0) is 150 Å². The lowest BCUT2D eigenvalue weighted by Crippen LogP contribution is -2.54. The van der Waals surface area contributed by atoms with E-state index >= 15 is 4.39 Å². The fourth-order valence-electron chi connectivity index (χ4n) is 10.5. The summed E-state index contributed by atoms with van der Waals surface area (Å²) in [6, 6.07) is 21.0. The van der Waals surface area contributed by atoms with Crippen molar-refractivity contribution in [2.75, 3.05) is 67.9 Å². The molecule has 9 rings (SSSR count). The van der Waals surface area contributed by atoms with Crippen molar-refractivity contribution >= 4 is 52.0 Å². The molecule has 2 aromatic carbocycles. The van der Waals surface area contributed by atoms with Crippen LogP contribution in [-0.2, 0) is 27.9 Å². The van der Waals surface area contributed by atoms with Crippen molar-refractivity contribution in [3.8, 4) is 11.1 Å². The largest absolute Gasteiger partial charge is 0.444 e. The van der Waals surface area contributed by atoms with Gasteiger partial charge in [-0.2, -0.15) is 0 Å². The van der Waals surface area contributed by atoms with Gasteiger partial charge in [-0.1, -0.05) is 12.1 Å². The van der Waals surface area contributed by atoms with Crippen LogP contribution < -0.4 is 20.9 Å². The number of piperazine rings is 1. The molecule has 2 atom stereocenters. The van der Waals surface area contributed by atoms with Gasteiger partial charge in [0.05, 0.1) is 5.69 Å². The first-order chi connectivity index (χ1) is 33.1. The number of nitrogens with zero attached hydrogens (tertiary/aromatic N) is 7. The van der Waals surface area contributed by atoms with Crippen LogP contribution in [0.3, 0.4) is 0 Å². The second-order valence-electron chi connectivity index (χ2n) is 20.4. The zero-order valence-electron chi connectivity index (χ0n) is 40.5. The van der Waals surface area contributed by atoms with Crippen molar-refractivity contribution in [2.45, 2.75) is 96.4 Å². The van der Waals surface area contributed by atoms with E-state index in [4.69, 9.17) is 9.72 Å². The third kappa shape index (κ3) is 11.2. The van der Waals surface area contributed by atoms with Crippen LogP contribution in [-0.4, -0.2) is 123 Å². The predicted molar refractivity (Wildman–Crippen MR) is 266 cm³/mol. The zero-order chi connectivity index (χ0) is 48.4. The Balaban J connectivity index is 0.713. The van der Waals surface area contributed by atoms with E-state index in [0.29, 0.717) is 48.5 Å². The molecule has 4 aliphatic rings. The van der Waals surface area contributed by atoms with Crippen molar-refractivity contribution in [1.29, 1.82) is 0 Å². The smallest absolute Gasteiger partial charge is 0.413 e. The summed E-state index contributed by atoms with van der Waals surface area (Å²) >= 11 is 0. The summed E-state index contributed by atoms with van der Waals surface area (Å²) in [6.07, 6.45) is 7.72. The van der Waals surface area contributed by atoms with Crippen LogP contribution in [0.4, 0.5) is 26.4 Å². The molecule has 69 heavy (non-hydrogen) atoms. The predicted octanol–water partition coefficient (Wildman–Crippen LogP) is 7.78. The zero-order valence-corrected chi connectivity index (χ0v) is 40.5. The number of amides is 4. The summed E-state index contributed by atoms with van der Waals surface area (Å²) in [4.78, 5) is 67.9. The monoisotopic (exact) mass is 941 g/mol. The van der Waals surface area contributed by atoms with Crippen molar-refractivity contribution < 1.29 is 28.3 Å². The molecule has 0 saturated carbocycles. The molecule has 364 valence electrons. The highest BCUT2D eigenvalue weighted by atomic mass is 19.1. The molecule has 0 aliphatic carbocycles. The van der Waals surface area contributed by atoms with Gasteiger partial charge in [0.2, 0.25) is 11.8 Å². The van der Waals surface area contributed by atoms with Gasteiger partial charge >= 0.3 is 6.09 Å². The number of rotatable bonds is 11. The molecular formula is C53H65FN10O5. The van der Waals surface area contributed by atoms with Gasteiger partial charge in [0.1, 0.15) is 28.9 Å². The van der Waals surface area contributed by atoms with Crippen LogP contribution >= 0.6 is 0 Å². The number of hydrogen-bond acceptors (Lipinski definition) is 11. The van der Waals surface area contributed by atoms with Gasteiger partial charge in [0.25, 0.3) is 5.91 Å². The second kappa shape index (κ2) is 20.3. The molecule has 0 bridgehead atoms. The highest BCUT2D eigenvalue weighted by Gasteiger charge is 2.32. The third-order valence-corrected chi connectivity index (χ3v) is 14.4. The SMILES string of the molecule is C[C@H]1CN(c2ccc(NC3CCC(=O)NC3=O)cc2F)CCN1CC1CCN(C(=O)c2ccc(C3CCN(Cc4cc5c(-c6ccc(NC(=O)OC(C)(C)C)nc6)ccnc5n4C)CC3)cc2)CC1. The summed E-state index contributed by atoms with van der Waals surface area (Å²) in [6.45, 7) is 15.2. The number of pyridine rings is 2. The molecule has 0 radical (unpaired) electrons. The maximum Gasteiger partial charge on any atom is 0.413 e. The van der Waals surface area contributed by atoms with Gasteiger partial charge in [-0.15, -0.1) is 0 Å². The number of hydrogen-bond donors (Lipinski definition) is 3. The minimum absolute atomic E-state index is 0.105. The molecule has 4 fully saturated rings. The number of aromatic nitrogens is 3. The summed E-state index contributed by atoms with van der Waals surface area (Å²) < 4.78 is 22.9. The number of ether oxygens (including phenoxy) is 1. The fourth-order valence-corrected chi connectivity index (χ4v) is 10.5. The van der Waals surface area contributed by atoms with Gasteiger partial charge in [-0.3, -0.25) is 34.8 Å². The molecule has 3 aromatic heterocycles. The van der Waals surface area contributed by atoms with Crippen molar-refractivity contribution in [3.63, 3.8) is 0 Å². The Hall–Kier alpha value is -6.39. The Morgan fingerprint density at radius 3 is 2.33 bits per heavy atom. The number of fused-ring (bicyclic) bond motifs is 1. The van der Waals surface area contributed by atoms with Crippen LogP contribution in [0.15, 0.2) is 79.1 Å². The van der Waals surface area contributed by atoms with Crippen molar-refractivity contribution in [1.82, 2.24) is 34.6 Å². The van der Waals surface area contributed by atoms with E-state index in [9.17, 15) is 19.2 Å². The van der Waals surface area contributed by atoms with Gasteiger partial charge in [0.15, 0.2) is 0 Å². The van der Waals surface area contributed by atoms with Crippen LogP contribution in [0.5, 0.6) is 0 Å². The molecule has 0 spiro atoms. The third-order valence-electron chi connectivity index (χ3n) is 14.4. The Morgan fingerprint density at radius 2 is 1.65 bits per heavy atom. The van der Waals surface area contributed by atoms with Crippen LogP contribution in [0.1, 0.15) is 93.8 Å². The van der Waals surface area contributed by atoms with Gasteiger partial charge < -0.3 is 24.4 Å². The summed E-state index contributed by atoms with van der Waals surface area (Å²) in [5, 5.41) is 9.17. The molecule has 15 nitrogen and oxygen atoms in total. The standard InChI is InChI=1S/C53H65FN10O5/c1-34-31-64(46-13-11-40(28-44(46)54)57-45-12-15-48(65)59-50(45)66)27-26-63(34)32-35-17-24-62(25-18-35)51(67)38-8-6-36(7-9-38)37-19-22-61(23-20-37)33-41-29-43-42(16-21-55-49(43)60(41)5)39-10-14-47(56-30-39)58-52(68)69-53(2,3)4/h6-11,13-14,16,21,28-30,34-35,37,45,57H,12,15,17-20,22-27,31-33H2,1-5H3,(H,56,58,68)(H,59,65,66)/t34-,45?/m0/s1.